The van der Waals surface area contributed by atoms with Crippen molar-refractivity contribution in [1.29, 1.82) is 0 Å². The molecule has 4 aromatic rings. The van der Waals surface area contributed by atoms with Crippen molar-refractivity contribution in [1.82, 2.24) is 15.0 Å². The number of rotatable bonds is 1. The van der Waals surface area contributed by atoms with Crippen LogP contribution in [-0.2, 0) is 0 Å². The molecule has 2 aromatic heterocycles. The van der Waals surface area contributed by atoms with Gasteiger partial charge in [-0.3, -0.25) is 4.79 Å². The summed E-state index contributed by atoms with van der Waals surface area (Å²) in [4.78, 5) is 22.4. The van der Waals surface area contributed by atoms with Gasteiger partial charge in [-0.2, -0.15) is 0 Å². The zero-order chi connectivity index (χ0) is 14.4. The number of aromatic nitrogens is 3. The smallest absolute Gasteiger partial charge is 0.275 e. The van der Waals surface area contributed by atoms with Crippen molar-refractivity contribution < 1.29 is 4.39 Å². The Morgan fingerprint density at radius 3 is 2.71 bits per heavy atom. The van der Waals surface area contributed by atoms with Crippen LogP contribution in [0.4, 0.5) is 4.39 Å². The number of fused-ring (bicyclic) bond motifs is 3. The Hall–Kier alpha value is -2.95. The van der Waals surface area contributed by atoms with Crippen LogP contribution in [0.1, 0.15) is 0 Å². The van der Waals surface area contributed by atoms with Crippen molar-refractivity contribution in [3.63, 3.8) is 0 Å². The lowest BCUT2D eigenvalue weighted by atomic mass is 10.2. The summed E-state index contributed by atoms with van der Waals surface area (Å²) in [5.74, 6) is -0.00840. The van der Waals surface area contributed by atoms with Crippen LogP contribution in [0.3, 0.4) is 0 Å². The largest absolute Gasteiger partial charge is 0.349 e. The molecule has 0 amide bonds. The van der Waals surface area contributed by atoms with E-state index in [4.69, 9.17) is 0 Å². The van der Waals surface area contributed by atoms with Crippen molar-refractivity contribution in [3.05, 3.63) is 64.7 Å². The predicted octanol–water partition coefficient (Wildman–Crippen LogP) is 3.21. The quantitative estimate of drug-likeness (QED) is 0.562. The highest BCUT2D eigenvalue weighted by Crippen LogP contribution is 2.23. The molecule has 0 fully saturated rings. The normalized spacial score (nSPS) is 11.3. The Labute approximate surface area is 118 Å². The third-order valence-corrected chi connectivity index (χ3v) is 3.46. The second-order valence-corrected chi connectivity index (χ2v) is 4.82. The van der Waals surface area contributed by atoms with E-state index in [1.165, 1.54) is 12.1 Å². The van der Waals surface area contributed by atoms with Crippen LogP contribution in [0.15, 0.2) is 53.3 Å². The molecule has 0 saturated carbocycles. The molecule has 5 heteroatoms. The fourth-order valence-corrected chi connectivity index (χ4v) is 2.49. The molecule has 2 aromatic carbocycles. The molecule has 0 unspecified atom stereocenters. The van der Waals surface area contributed by atoms with Gasteiger partial charge in [-0.1, -0.05) is 30.3 Å². The van der Waals surface area contributed by atoms with Gasteiger partial charge < -0.3 is 9.97 Å². The van der Waals surface area contributed by atoms with Crippen molar-refractivity contribution in [2.75, 3.05) is 0 Å². The lowest BCUT2D eigenvalue weighted by Crippen LogP contribution is -2.09. The third-order valence-electron chi connectivity index (χ3n) is 3.46. The van der Waals surface area contributed by atoms with Crippen LogP contribution in [0.2, 0.25) is 0 Å². The van der Waals surface area contributed by atoms with E-state index in [1.807, 2.05) is 24.3 Å². The van der Waals surface area contributed by atoms with Gasteiger partial charge in [0.1, 0.15) is 22.7 Å². The van der Waals surface area contributed by atoms with Gasteiger partial charge in [0.2, 0.25) is 0 Å². The Morgan fingerprint density at radius 1 is 1.00 bits per heavy atom. The fourth-order valence-electron chi connectivity index (χ4n) is 2.49. The van der Waals surface area contributed by atoms with Crippen LogP contribution in [-0.4, -0.2) is 15.0 Å². The fraction of sp³-hybridized carbons (Fsp3) is 0. The maximum atomic E-state index is 13.3. The summed E-state index contributed by atoms with van der Waals surface area (Å²) >= 11 is 0. The second-order valence-electron chi connectivity index (χ2n) is 4.82. The average Bonchev–Trinajstić information content (AvgIpc) is 2.87. The SMILES string of the molecule is O=c1[nH]c(-c2cccc(F)c2)nc2c1[nH]c1ccccc12. The Bertz CT molecular complexity index is 1030. The van der Waals surface area contributed by atoms with Gasteiger partial charge in [0.15, 0.2) is 0 Å². The summed E-state index contributed by atoms with van der Waals surface area (Å²) in [5.41, 5.74) is 2.14. The zero-order valence-corrected chi connectivity index (χ0v) is 10.9. The van der Waals surface area contributed by atoms with Crippen LogP contribution < -0.4 is 5.56 Å². The molecule has 0 bridgehead atoms. The lowest BCUT2D eigenvalue weighted by Gasteiger charge is -2.01. The number of nitrogens with one attached hydrogen (secondary N) is 2. The number of hydrogen-bond acceptors (Lipinski definition) is 2. The number of para-hydroxylation sites is 1. The molecule has 0 atom stereocenters. The van der Waals surface area contributed by atoms with Gasteiger partial charge >= 0.3 is 0 Å². The van der Waals surface area contributed by atoms with E-state index in [1.54, 1.807) is 12.1 Å². The van der Waals surface area contributed by atoms with E-state index in [0.29, 0.717) is 22.4 Å². The van der Waals surface area contributed by atoms with Crippen LogP contribution >= 0.6 is 0 Å². The lowest BCUT2D eigenvalue weighted by molar-refractivity contribution is 0.628. The van der Waals surface area contributed by atoms with Crippen LogP contribution in [0, 0.1) is 5.82 Å². The van der Waals surface area contributed by atoms with E-state index in [0.717, 1.165) is 10.9 Å². The maximum Gasteiger partial charge on any atom is 0.275 e. The summed E-state index contributed by atoms with van der Waals surface area (Å²) in [6.45, 7) is 0. The van der Waals surface area contributed by atoms with Crippen LogP contribution in [0.5, 0.6) is 0 Å². The van der Waals surface area contributed by atoms with E-state index in [2.05, 4.69) is 15.0 Å². The molecule has 4 rings (SSSR count). The first-order valence-corrected chi connectivity index (χ1v) is 6.49. The first kappa shape index (κ1) is 11.8. The van der Waals surface area contributed by atoms with E-state index in [9.17, 15) is 9.18 Å². The summed E-state index contributed by atoms with van der Waals surface area (Å²) in [6.07, 6.45) is 0. The summed E-state index contributed by atoms with van der Waals surface area (Å²) in [6, 6.07) is 13.6. The van der Waals surface area contributed by atoms with Crippen molar-refractivity contribution in [3.8, 4) is 11.4 Å². The number of hydrogen-bond donors (Lipinski definition) is 2. The topological polar surface area (TPSA) is 61.5 Å². The minimum Gasteiger partial charge on any atom is -0.349 e. The molecule has 21 heavy (non-hydrogen) atoms. The molecule has 0 aliphatic rings. The molecule has 0 aliphatic heterocycles. The molecular weight excluding hydrogens is 269 g/mol. The Kier molecular flexibility index (Phi) is 2.41. The number of H-pyrrole nitrogens is 2. The maximum absolute atomic E-state index is 13.3. The predicted molar refractivity (Wildman–Crippen MR) is 79.6 cm³/mol. The van der Waals surface area contributed by atoms with Crippen molar-refractivity contribution in [2.45, 2.75) is 0 Å². The van der Waals surface area contributed by atoms with Crippen molar-refractivity contribution >= 4 is 21.9 Å². The average molecular weight is 279 g/mol. The first-order chi connectivity index (χ1) is 10.2. The molecule has 102 valence electrons. The zero-order valence-electron chi connectivity index (χ0n) is 10.9. The molecule has 0 radical (unpaired) electrons. The molecule has 2 heterocycles. The minimum absolute atomic E-state index is 0.268. The number of nitrogens with zero attached hydrogens (tertiary/aromatic N) is 1. The van der Waals surface area contributed by atoms with Crippen LogP contribution in [0.25, 0.3) is 33.3 Å². The summed E-state index contributed by atoms with van der Waals surface area (Å²) < 4.78 is 13.3. The monoisotopic (exact) mass is 279 g/mol. The minimum atomic E-state index is -0.367. The Morgan fingerprint density at radius 2 is 1.86 bits per heavy atom. The highest BCUT2D eigenvalue weighted by molar-refractivity contribution is 6.04. The third kappa shape index (κ3) is 1.82. The second kappa shape index (κ2) is 4.28. The van der Waals surface area contributed by atoms with Gasteiger partial charge in [-0.05, 0) is 18.2 Å². The highest BCUT2D eigenvalue weighted by atomic mass is 19.1. The Balaban J connectivity index is 2.08. The molecule has 0 spiro atoms. The molecule has 0 saturated heterocycles. The van der Waals surface area contributed by atoms with E-state index < -0.39 is 0 Å². The summed E-state index contributed by atoms with van der Waals surface area (Å²) in [7, 11) is 0. The molecule has 0 aliphatic carbocycles. The van der Waals surface area contributed by atoms with Gasteiger partial charge in [0, 0.05) is 16.5 Å². The summed E-state index contributed by atoms with van der Waals surface area (Å²) in [5, 5.41) is 0.872. The van der Waals surface area contributed by atoms with Gasteiger partial charge in [-0.15, -0.1) is 0 Å². The number of benzene rings is 2. The molecule has 4 nitrogen and oxygen atoms in total. The first-order valence-electron chi connectivity index (χ1n) is 6.49. The number of halogens is 1. The van der Waals surface area contributed by atoms with E-state index in [-0.39, 0.29) is 11.4 Å². The van der Waals surface area contributed by atoms with Gasteiger partial charge in [0.25, 0.3) is 5.56 Å². The standard InChI is InChI=1S/C16H10FN3O/c17-10-5-3-4-9(8-10)15-19-13-11-6-1-2-7-12(11)18-14(13)16(21)20-15/h1-8,18H,(H,19,20,21). The van der Waals surface area contributed by atoms with Gasteiger partial charge in [-0.25, -0.2) is 9.37 Å². The molecular formula is C16H10FN3O. The van der Waals surface area contributed by atoms with Gasteiger partial charge in [0.05, 0.1) is 0 Å². The number of aromatic amines is 2. The highest BCUT2D eigenvalue weighted by Gasteiger charge is 2.11. The van der Waals surface area contributed by atoms with E-state index >= 15 is 0 Å². The van der Waals surface area contributed by atoms with Crippen molar-refractivity contribution in [2.24, 2.45) is 0 Å². The molecule has 2 N–H and O–H groups in total.